The van der Waals surface area contributed by atoms with Crippen molar-refractivity contribution in [2.75, 3.05) is 18.0 Å². The van der Waals surface area contributed by atoms with E-state index in [1.807, 2.05) is 4.90 Å². The van der Waals surface area contributed by atoms with Crippen molar-refractivity contribution in [3.8, 4) is 0 Å². The normalized spacial score (nSPS) is 24.1. The second-order valence-electron chi connectivity index (χ2n) is 4.47. The van der Waals surface area contributed by atoms with Crippen molar-refractivity contribution in [1.82, 2.24) is 4.98 Å². The predicted molar refractivity (Wildman–Crippen MR) is 63.7 cm³/mol. The number of rotatable bonds is 2. The number of hydrogen-bond donors (Lipinski definition) is 2. The van der Waals surface area contributed by atoms with Crippen molar-refractivity contribution in [3.05, 3.63) is 22.8 Å². The monoisotopic (exact) mass is 256 g/mol. The zero-order valence-electron chi connectivity index (χ0n) is 9.35. The Labute approximate surface area is 104 Å². The molecule has 0 radical (unpaired) electrons. The van der Waals surface area contributed by atoms with Crippen molar-refractivity contribution < 1.29 is 15.0 Å². The van der Waals surface area contributed by atoms with Gasteiger partial charge < -0.3 is 15.1 Å². The highest BCUT2D eigenvalue weighted by Crippen LogP contribution is 2.26. The summed E-state index contributed by atoms with van der Waals surface area (Å²) in [6.45, 7) is 2.85. The second kappa shape index (κ2) is 4.16. The van der Waals surface area contributed by atoms with E-state index in [0.29, 0.717) is 25.3 Å². The molecule has 0 aliphatic carbocycles. The minimum atomic E-state index is -1.15. The molecular weight excluding hydrogens is 244 g/mol. The molecule has 5 nitrogen and oxygen atoms in total. The molecule has 2 rings (SSSR count). The number of halogens is 1. The van der Waals surface area contributed by atoms with Crippen molar-refractivity contribution in [2.24, 2.45) is 0 Å². The minimum Gasteiger partial charge on any atom is -0.476 e. The van der Waals surface area contributed by atoms with Crippen LogP contribution in [0, 0.1) is 0 Å². The molecule has 6 heteroatoms. The zero-order chi connectivity index (χ0) is 12.6. The van der Waals surface area contributed by atoms with Gasteiger partial charge in [-0.25, -0.2) is 9.78 Å². The molecule has 1 atom stereocenters. The number of nitrogens with zero attached hydrogens (tertiary/aromatic N) is 2. The molecule has 1 fully saturated rings. The van der Waals surface area contributed by atoms with E-state index in [0.717, 1.165) is 0 Å². The molecule has 1 aliphatic heterocycles. The van der Waals surface area contributed by atoms with Crippen LogP contribution in [0.1, 0.15) is 23.8 Å². The van der Waals surface area contributed by atoms with Gasteiger partial charge in [-0.2, -0.15) is 0 Å². The van der Waals surface area contributed by atoms with E-state index in [9.17, 15) is 9.90 Å². The third kappa shape index (κ3) is 2.50. The van der Waals surface area contributed by atoms with Gasteiger partial charge in [0.1, 0.15) is 5.82 Å². The Balaban J connectivity index is 2.29. The number of aromatic nitrogens is 1. The van der Waals surface area contributed by atoms with Gasteiger partial charge in [-0.05, 0) is 25.5 Å². The summed E-state index contributed by atoms with van der Waals surface area (Å²) in [4.78, 5) is 16.8. The maximum Gasteiger partial charge on any atom is 0.356 e. The van der Waals surface area contributed by atoms with Gasteiger partial charge in [0.25, 0.3) is 0 Å². The Morgan fingerprint density at radius 2 is 2.29 bits per heavy atom. The van der Waals surface area contributed by atoms with Crippen LogP contribution >= 0.6 is 11.6 Å². The maximum absolute atomic E-state index is 10.9. The van der Waals surface area contributed by atoms with Gasteiger partial charge in [0, 0.05) is 13.1 Å². The molecule has 0 saturated carbocycles. The number of carboxylic acids is 1. The summed E-state index contributed by atoms with van der Waals surface area (Å²) < 4.78 is 0. The molecule has 92 valence electrons. The average molecular weight is 257 g/mol. The molecule has 2 heterocycles. The molecule has 0 spiro atoms. The topological polar surface area (TPSA) is 73.7 Å². The van der Waals surface area contributed by atoms with E-state index in [2.05, 4.69) is 4.98 Å². The lowest BCUT2D eigenvalue weighted by molar-refractivity contribution is 0.0690. The number of pyridine rings is 1. The number of aliphatic hydroxyl groups is 1. The van der Waals surface area contributed by atoms with Crippen LogP contribution in [-0.4, -0.2) is 39.9 Å². The second-order valence-corrected chi connectivity index (χ2v) is 4.88. The van der Waals surface area contributed by atoms with Gasteiger partial charge in [0.05, 0.1) is 10.6 Å². The summed E-state index contributed by atoms with van der Waals surface area (Å²) in [6, 6.07) is 3.18. The third-order valence-corrected chi connectivity index (χ3v) is 3.11. The lowest BCUT2D eigenvalue weighted by atomic mass is 10.1. The molecule has 1 aromatic heterocycles. The molecule has 1 unspecified atom stereocenters. The summed E-state index contributed by atoms with van der Waals surface area (Å²) in [5, 5.41) is 18.9. The Bertz CT molecular complexity index is 462. The van der Waals surface area contributed by atoms with Gasteiger partial charge in [0.2, 0.25) is 0 Å². The van der Waals surface area contributed by atoms with Crippen LogP contribution < -0.4 is 4.90 Å². The predicted octanol–water partition coefficient (Wildman–Crippen LogP) is 1.39. The van der Waals surface area contributed by atoms with Crippen molar-refractivity contribution in [3.63, 3.8) is 0 Å². The van der Waals surface area contributed by atoms with Gasteiger partial charge in [-0.3, -0.25) is 0 Å². The van der Waals surface area contributed by atoms with E-state index in [4.69, 9.17) is 16.7 Å². The Morgan fingerprint density at radius 3 is 2.82 bits per heavy atom. The van der Waals surface area contributed by atoms with Crippen LogP contribution in [0.15, 0.2) is 12.1 Å². The highest BCUT2D eigenvalue weighted by atomic mass is 35.5. The van der Waals surface area contributed by atoms with Gasteiger partial charge in [-0.1, -0.05) is 11.6 Å². The fourth-order valence-corrected chi connectivity index (χ4v) is 2.08. The first-order valence-electron chi connectivity index (χ1n) is 5.26. The Hall–Kier alpha value is -1.33. The van der Waals surface area contributed by atoms with E-state index >= 15 is 0 Å². The van der Waals surface area contributed by atoms with Crippen LogP contribution in [0.4, 0.5) is 5.82 Å². The lowest BCUT2D eigenvalue weighted by Gasteiger charge is -2.20. The molecule has 1 aliphatic rings. The Morgan fingerprint density at radius 1 is 1.59 bits per heavy atom. The van der Waals surface area contributed by atoms with Gasteiger partial charge >= 0.3 is 5.97 Å². The molecule has 0 amide bonds. The zero-order valence-corrected chi connectivity index (χ0v) is 10.1. The molecule has 2 N–H and O–H groups in total. The number of anilines is 1. The maximum atomic E-state index is 10.9. The fraction of sp³-hybridized carbons (Fsp3) is 0.455. The number of β-amino-alcohol motifs (C(OH)–C–C–N with tert-alkyl or cyclic N) is 1. The SMILES string of the molecule is CC1(O)CCN(c2ccc(Cl)c(C(=O)O)n2)C1. The summed E-state index contributed by atoms with van der Waals surface area (Å²) in [5.41, 5.74) is -0.902. The average Bonchev–Trinajstić information content (AvgIpc) is 2.59. The molecule has 1 aromatic rings. The van der Waals surface area contributed by atoms with Crippen LogP contribution in [0.2, 0.25) is 5.02 Å². The molecule has 0 bridgehead atoms. The van der Waals surface area contributed by atoms with Crippen LogP contribution in [0.25, 0.3) is 0 Å². The highest BCUT2D eigenvalue weighted by molar-refractivity contribution is 6.33. The minimum absolute atomic E-state index is 0.118. The smallest absolute Gasteiger partial charge is 0.356 e. The number of carbonyl (C=O) groups is 1. The third-order valence-electron chi connectivity index (χ3n) is 2.81. The number of carboxylic acid groups (broad SMARTS) is 1. The quantitative estimate of drug-likeness (QED) is 0.837. The first-order chi connectivity index (χ1) is 7.89. The van der Waals surface area contributed by atoms with E-state index in [-0.39, 0.29) is 10.7 Å². The molecule has 1 saturated heterocycles. The first kappa shape index (κ1) is 12.1. The number of aromatic carboxylic acids is 1. The summed E-state index contributed by atoms with van der Waals surface area (Å²) in [7, 11) is 0. The van der Waals surface area contributed by atoms with Gasteiger partial charge in [0.15, 0.2) is 5.69 Å². The lowest BCUT2D eigenvalue weighted by Crippen LogP contribution is -2.30. The van der Waals surface area contributed by atoms with E-state index in [1.54, 1.807) is 13.0 Å². The highest BCUT2D eigenvalue weighted by Gasteiger charge is 2.32. The van der Waals surface area contributed by atoms with E-state index < -0.39 is 11.6 Å². The molecule has 17 heavy (non-hydrogen) atoms. The van der Waals surface area contributed by atoms with Crippen LogP contribution in [-0.2, 0) is 0 Å². The number of hydrogen-bond acceptors (Lipinski definition) is 4. The summed E-state index contributed by atoms with van der Waals surface area (Å²) in [5.74, 6) is -0.618. The Kier molecular flexibility index (Phi) is 2.97. The fourth-order valence-electron chi connectivity index (χ4n) is 1.90. The van der Waals surface area contributed by atoms with E-state index in [1.165, 1.54) is 6.07 Å². The first-order valence-corrected chi connectivity index (χ1v) is 5.64. The molecule has 0 aromatic carbocycles. The van der Waals surface area contributed by atoms with Crippen molar-refractivity contribution in [2.45, 2.75) is 18.9 Å². The standard InChI is InChI=1S/C11H13ClN2O3/c1-11(17)4-5-14(6-11)8-3-2-7(12)9(13-8)10(15)16/h2-3,17H,4-6H2,1H3,(H,15,16). The van der Waals surface area contributed by atoms with Crippen molar-refractivity contribution >= 4 is 23.4 Å². The summed E-state index contributed by atoms with van der Waals surface area (Å²) in [6.07, 6.45) is 0.639. The summed E-state index contributed by atoms with van der Waals surface area (Å²) >= 11 is 5.74. The van der Waals surface area contributed by atoms with Crippen LogP contribution in [0.3, 0.4) is 0 Å². The van der Waals surface area contributed by atoms with Gasteiger partial charge in [-0.15, -0.1) is 0 Å². The largest absolute Gasteiger partial charge is 0.476 e. The van der Waals surface area contributed by atoms with Crippen LogP contribution in [0.5, 0.6) is 0 Å². The van der Waals surface area contributed by atoms with Crippen molar-refractivity contribution in [1.29, 1.82) is 0 Å². The molecular formula is C11H13ClN2O3.